The molecule has 2 rings (SSSR count). The standard InChI is InChI=1S/C18H28N5S/c1-7-22(11-12-23(4,5)6)16-10-8-9-14(2)17(16)20-21-18-19-15(3)13-24-18/h8-10,13H,7,11-12H2,1-6H3/q+1. The summed E-state index contributed by atoms with van der Waals surface area (Å²) in [6.07, 6.45) is 0. The molecule has 0 unspecified atom stereocenters. The minimum Gasteiger partial charge on any atom is -0.364 e. The number of hydrogen-bond donors (Lipinski definition) is 0. The van der Waals surface area contributed by atoms with Crippen LogP contribution in [0.5, 0.6) is 0 Å². The van der Waals surface area contributed by atoms with Gasteiger partial charge < -0.3 is 9.38 Å². The van der Waals surface area contributed by atoms with Gasteiger partial charge in [-0.2, -0.15) is 0 Å². The number of rotatable bonds is 7. The van der Waals surface area contributed by atoms with E-state index in [-0.39, 0.29) is 0 Å². The van der Waals surface area contributed by atoms with Gasteiger partial charge in [-0.15, -0.1) is 21.6 Å². The van der Waals surface area contributed by atoms with Crippen molar-refractivity contribution in [3.05, 3.63) is 34.8 Å². The summed E-state index contributed by atoms with van der Waals surface area (Å²) in [5.41, 5.74) is 4.20. The fourth-order valence-corrected chi connectivity index (χ4v) is 2.99. The van der Waals surface area contributed by atoms with Crippen LogP contribution in [0.4, 0.5) is 16.5 Å². The van der Waals surface area contributed by atoms with Crippen molar-refractivity contribution < 1.29 is 4.48 Å². The van der Waals surface area contributed by atoms with Crippen LogP contribution >= 0.6 is 11.3 Å². The molecule has 0 bridgehead atoms. The van der Waals surface area contributed by atoms with Crippen LogP contribution in [-0.2, 0) is 0 Å². The highest BCUT2D eigenvalue weighted by Crippen LogP contribution is 2.34. The third-order valence-corrected chi connectivity index (χ3v) is 4.66. The maximum atomic E-state index is 4.53. The highest BCUT2D eigenvalue weighted by Gasteiger charge is 2.15. The number of thiazole rings is 1. The van der Waals surface area contributed by atoms with Crippen LogP contribution in [0, 0.1) is 13.8 Å². The van der Waals surface area contributed by atoms with Gasteiger partial charge in [0.15, 0.2) is 0 Å². The van der Waals surface area contributed by atoms with Crippen LogP contribution in [0.25, 0.3) is 0 Å². The molecule has 0 aliphatic heterocycles. The molecule has 0 saturated heterocycles. The zero-order valence-corrected chi connectivity index (χ0v) is 16.4. The monoisotopic (exact) mass is 346 g/mol. The molecule has 0 aliphatic rings. The first-order chi connectivity index (χ1) is 11.3. The molecule has 0 spiro atoms. The Kier molecular flexibility index (Phi) is 6.07. The van der Waals surface area contributed by atoms with Gasteiger partial charge in [-0.3, -0.25) is 0 Å². The first kappa shape index (κ1) is 18.5. The maximum absolute atomic E-state index is 4.53. The zero-order valence-electron chi connectivity index (χ0n) is 15.6. The molecule has 2 aromatic rings. The Morgan fingerprint density at radius 1 is 1.17 bits per heavy atom. The highest BCUT2D eigenvalue weighted by atomic mass is 32.1. The molecule has 0 aliphatic carbocycles. The fraction of sp³-hybridized carbons (Fsp3) is 0.500. The SMILES string of the molecule is CCN(CC[N+](C)(C)C)c1cccc(C)c1N=Nc1nc(C)cs1. The summed E-state index contributed by atoms with van der Waals surface area (Å²) in [5, 5.41) is 11.6. The number of quaternary nitrogens is 1. The minimum absolute atomic E-state index is 0.705. The van der Waals surface area contributed by atoms with Crippen LogP contribution < -0.4 is 4.90 Å². The Hall–Kier alpha value is -1.79. The van der Waals surface area contributed by atoms with E-state index in [1.807, 2.05) is 12.3 Å². The number of nitrogens with zero attached hydrogens (tertiary/aromatic N) is 5. The largest absolute Gasteiger partial charge is 0.364 e. The summed E-state index contributed by atoms with van der Waals surface area (Å²) >= 11 is 1.52. The predicted octanol–water partition coefficient (Wildman–Crippen LogP) is 4.71. The van der Waals surface area contributed by atoms with Crippen LogP contribution in [0.1, 0.15) is 18.2 Å². The van der Waals surface area contributed by atoms with Crippen molar-refractivity contribution in [3.8, 4) is 0 Å². The van der Waals surface area contributed by atoms with E-state index in [4.69, 9.17) is 0 Å². The van der Waals surface area contributed by atoms with E-state index in [0.717, 1.165) is 46.7 Å². The Bertz CT molecular complexity index is 700. The van der Waals surface area contributed by atoms with E-state index in [0.29, 0.717) is 5.13 Å². The summed E-state index contributed by atoms with van der Waals surface area (Å²) in [4.78, 5) is 6.73. The van der Waals surface area contributed by atoms with Crippen molar-refractivity contribution in [2.24, 2.45) is 10.2 Å². The Morgan fingerprint density at radius 3 is 2.50 bits per heavy atom. The first-order valence-electron chi connectivity index (χ1n) is 8.29. The summed E-state index contributed by atoms with van der Waals surface area (Å²) in [7, 11) is 6.65. The van der Waals surface area contributed by atoms with Crippen LogP contribution in [0.2, 0.25) is 0 Å². The molecule has 24 heavy (non-hydrogen) atoms. The molecular formula is C18H28N5S+. The number of benzene rings is 1. The fourth-order valence-electron chi connectivity index (χ4n) is 2.38. The summed E-state index contributed by atoms with van der Waals surface area (Å²) < 4.78 is 0.942. The number of aromatic nitrogens is 1. The second-order valence-corrected chi connectivity index (χ2v) is 7.84. The molecule has 1 aromatic carbocycles. The van der Waals surface area contributed by atoms with E-state index in [9.17, 15) is 0 Å². The topological polar surface area (TPSA) is 40.9 Å². The molecule has 130 valence electrons. The van der Waals surface area contributed by atoms with Crippen molar-refractivity contribution in [2.75, 3.05) is 45.7 Å². The van der Waals surface area contributed by atoms with E-state index in [1.54, 1.807) is 0 Å². The second-order valence-electron chi connectivity index (χ2n) is 7.01. The van der Waals surface area contributed by atoms with E-state index < -0.39 is 0 Å². The summed E-state index contributed by atoms with van der Waals surface area (Å²) in [5.74, 6) is 0. The third-order valence-electron chi connectivity index (χ3n) is 3.82. The summed E-state index contributed by atoms with van der Waals surface area (Å²) in [6.45, 7) is 9.24. The average Bonchev–Trinajstić information content (AvgIpc) is 2.91. The van der Waals surface area contributed by atoms with Crippen LogP contribution in [0.15, 0.2) is 33.8 Å². The van der Waals surface area contributed by atoms with Gasteiger partial charge in [0.2, 0.25) is 5.13 Å². The number of aryl methyl sites for hydroxylation is 2. The summed E-state index contributed by atoms with van der Waals surface area (Å²) in [6, 6.07) is 6.30. The van der Waals surface area contributed by atoms with Gasteiger partial charge in [-0.05, 0) is 32.4 Å². The lowest BCUT2D eigenvalue weighted by atomic mass is 10.1. The number of hydrogen-bond acceptors (Lipinski definition) is 5. The molecule has 0 atom stereocenters. The first-order valence-corrected chi connectivity index (χ1v) is 9.17. The Labute approximate surface area is 149 Å². The molecule has 5 nitrogen and oxygen atoms in total. The molecular weight excluding hydrogens is 318 g/mol. The maximum Gasteiger partial charge on any atom is 0.230 e. The van der Waals surface area contributed by atoms with Gasteiger partial charge in [-0.25, -0.2) is 4.98 Å². The van der Waals surface area contributed by atoms with Crippen LogP contribution in [-0.4, -0.2) is 50.2 Å². The Morgan fingerprint density at radius 2 is 1.92 bits per heavy atom. The molecule has 1 heterocycles. The van der Waals surface area contributed by atoms with Crippen molar-refractivity contribution in [1.82, 2.24) is 4.98 Å². The van der Waals surface area contributed by atoms with Crippen molar-refractivity contribution >= 4 is 27.8 Å². The Balaban J connectivity index is 2.29. The zero-order chi connectivity index (χ0) is 17.7. The molecule has 6 heteroatoms. The predicted molar refractivity (Wildman–Crippen MR) is 103 cm³/mol. The number of anilines is 1. The van der Waals surface area contributed by atoms with Gasteiger partial charge in [0.05, 0.1) is 45.6 Å². The quantitative estimate of drug-likeness (QED) is 0.538. The molecule has 0 fully saturated rings. The van der Waals surface area contributed by atoms with Gasteiger partial charge >= 0.3 is 0 Å². The van der Waals surface area contributed by atoms with Gasteiger partial charge in [0.25, 0.3) is 0 Å². The van der Waals surface area contributed by atoms with Gasteiger partial charge in [-0.1, -0.05) is 12.1 Å². The van der Waals surface area contributed by atoms with Crippen molar-refractivity contribution in [2.45, 2.75) is 20.8 Å². The average molecular weight is 347 g/mol. The second kappa shape index (κ2) is 7.85. The smallest absolute Gasteiger partial charge is 0.230 e. The van der Waals surface area contributed by atoms with Gasteiger partial charge in [0, 0.05) is 11.9 Å². The number of azo groups is 1. The lowest BCUT2D eigenvalue weighted by molar-refractivity contribution is -0.868. The van der Waals surface area contributed by atoms with Crippen molar-refractivity contribution in [1.29, 1.82) is 0 Å². The van der Waals surface area contributed by atoms with Gasteiger partial charge in [0.1, 0.15) is 5.69 Å². The lowest BCUT2D eigenvalue weighted by Crippen LogP contribution is -2.42. The molecule has 0 N–H and O–H groups in total. The van der Waals surface area contributed by atoms with E-state index in [1.165, 1.54) is 11.3 Å². The minimum atomic E-state index is 0.705. The lowest BCUT2D eigenvalue weighted by Gasteiger charge is -2.30. The number of likely N-dealkylation sites (N-methyl/N-ethyl adjacent to an activating group) is 2. The molecule has 1 aromatic heterocycles. The molecule has 0 radical (unpaired) electrons. The normalized spacial score (nSPS) is 12.1. The van der Waals surface area contributed by atoms with E-state index >= 15 is 0 Å². The molecule has 0 amide bonds. The highest BCUT2D eigenvalue weighted by molar-refractivity contribution is 7.13. The van der Waals surface area contributed by atoms with E-state index in [2.05, 4.69) is 73.3 Å². The van der Waals surface area contributed by atoms with Crippen LogP contribution in [0.3, 0.4) is 0 Å². The molecule has 0 saturated carbocycles. The van der Waals surface area contributed by atoms with Crippen molar-refractivity contribution in [3.63, 3.8) is 0 Å². The third kappa shape index (κ3) is 5.11.